The van der Waals surface area contributed by atoms with E-state index in [1.54, 1.807) is 12.1 Å². The zero-order valence-corrected chi connectivity index (χ0v) is 20.0. The van der Waals surface area contributed by atoms with E-state index in [-0.39, 0.29) is 18.0 Å². The number of amidine groups is 1. The Kier molecular flexibility index (Phi) is 6.52. The lowest BCUT2D eigenvalue weighted by Gasteiger charge is -2.37. The predicted octanol–water partition coefficient (Wildman–Crippen LogP) is 6.80. The highest BCUT2D eigenvalue weighted by molar-refractivity contribution is 7.19. The molecule has 0 radical (unpaired) electrons. The largest absolute Gasteiger partial charge is 0.372 e. The molecule has 4 nitrogen and oxygen atoms in total. The fourth-order valence-electron chi connectivity index (χ4n) is 4.24. The van der Waals surface area contributed by atoms with Crippen molar-refractivity contribution in [3.05, 3.63) is 96.3 Å². The molecule has 1 aliphatic heterocycles. The Bertz CT molecular complexity index is 1260. The van der Waals surface area contributed by atoms with Crippen LogP contribution in [-0.4, -0.2) is 41.0 Å². The first-order valence-electron chi connectivity index (χ1n) is 11.4. The van der Waals surface area contributed by atoms with Crippen molar-refractivity contribution < 1.29 is 9.13 Å². The molecule has 0 bridgehead atoms. The van der Waals surface area contributed by atoms with Gasteiger partial charge in [0.1, 0.15) is 27.4 Å². The molecule has 2 atom stereocenters. The second-order valence-electron chi connectivity index (χ2n) is 8.51. The minimum atomic E-state index is -0.260. The molecule has 0 saturated carbocycles. The van der Waals surface area contributed by atoms with Crippen LogP contribution in [0.3, 0.4) is 0 Å². The number of hydrogen-bond donors (Lipinski definition) is 0. The van der Waals surface area contributed by atoms with Gasteiger partial charge in [-0.25, -0.2) is 14.4 Å². The molecule has 0 aliphatic carbocycles. The van der Waals surface area contributed by atoms with Gasteiger partial charge in [-0.2, -0.15) is 0 Å². The van der Waals surface area contributed by atoms with Gasteiger partial charge in [0.15, 0.2) is 0 Å². The van der Waals surface area contributed by atoms with E-state index in [1.807, 2.05) is 48.5 Å². The van der Waals surface area contributed by atoms with Gasteiger partial charge >= 0.3 is 0 Å². The molecule has 0 spiro atoms. The molecule has 0 N–H and O–H groups in total. The fraction of sp³-hybridized carbons (Fsp3) is 0.214. The Balaban J connectivity index is 1.66. The maximum absolute atomic E-state index is 13.5. The normalized spacial score (nSPS) is 18.8. The molecule has 6 heteroatoms. The lowest BCUT2D eigenvalue weighted by atomic mass is 10.1. The number of aliphatic imine (C=N–C) groups is 1. The number of halogens is 1. The standard InChI is InChI=1S/C28H26FN3OS/c1-19-17-32(18-20(2)33-19)26(22-11-7-4-8-12-22)31-28-25(21-9-5-3-6-10-21)30-27(34-28)23-13-15-24(29)16-14-23/h3-16,19-20H,17-18H2,1-2H3/b31-26-. The van der Waals surface area contributed by atoms with Crippen LogP contribution in [0.4, 0.5) is 9.39 Å². The zero-order valence-electron chi connectivity index (χ0n) is 19.2. The van der Waals surface area contributed by atoms with E-state index in [1.165, 1.54) is 23.5 Å². The molecule has 3 aromatic carbocycles. The topological polar surface area (TPSA) is 37.7 Å². The average Bonchev–Trinajstić information content (AvgIpc) is 3.27. The zero-order chi connectivity index (χ0) is 23.5. The van der Waals surface area contributed by atoms with Crippen LogP contribution in [0.1, 0.15) is 19.4 Å². The number of aromatic nitrogens is 1. The molecule has 1 fully saturated rings. The highest BCUT2D eigenvalue weighted by atomic mass is 32.1. The van der Waals surface area contributed by atoms with Crippen molar-refractivity contribution in [2.75, 3.05) is 13.1 Å². The summed E-state index contributed by atoms with van der Waals surface area (Å²) in [5.74, 6) is 0.651. The fourth-order valence-corrected chi connectivity index (χ4v) is 5.21. The van der Waals surface area contributed by atoms with Gasteiger partial charge in [-0.1, -0.05) is 72.0 Å². The number of benzene rings is 3. The van der Waals surface area contributed by atoms with Crippen LogP contribution in [0.2, 0.25) is 0 Å². The third-order valence-electron chi connectivity index (χ3n) is 5.71. The maximum atomic E-state index is 13.5. The highest BCUT2D eigenvalue weighted by Gasteiger charge is 2.26. The number of rotatable bonds is 4. The monoisotopic (exact) mass is 471 g/mol. The van der Waals surface area contributed by atoms with Crippen LogP contribution >= 0.6 is 11.3 Å². The summed E-state index contributed by atoms with van der Waals surface area (Å²) in [6.07, 6.45) is 0.227. The molecular weight excluding hydrogens is 445 g/mol. The second kappa shape index (κ2) is 9.87. The molecular formula is C28H26FN3OS. The first-order valence-corrected chi connectivity index (χ1v) is 12.2. The van der Waals surface area contributed by atoms with E-state index < -0.39 is 0 Å². The first kappa shape index (κ1) is 22.4. The summed E-state index contributed by atoms with van der Waals surface area (Å²) >= 11 is 1.52. The number of nitrogens with zero attached hydrogens (tertiary/aromatic N) is 3. The van der Waals surface area contributed by atoms with Gasteiger partial charge in [-0.15, -0.1) is 0 Å². The number of hydrogen-bond acceptors (Lipinski definition) is 4. The van der Waals surface area contributed by atoms with Crippen molar-refractivity contribution >= 4 is 22.2 Å². The second-order valence-corrected chi connectivity index (χ2v) is 9.49. The smallest absolute Gasteiger partial charge is 0.146 e. The lowest BCUT2D eigenvalue weighted by Crippen LogP contribution is -2.48. The van der Waals surface area contributed by atoms with E-state index >= 15 is 0 Å². The molecule has 1 aliphatic rings. The van der Waals surface area contributed by atoms with Crippen LogP contribution in [0.15, 0.2) is 89.9 Å². The quantitative estimate of drug-likeness (QED) is 0.243. The summed E-state index contributed by atoms with van der Waals surface area (Å²) in [4.78, 5) is 12.5. The van der Waals surface area contributed by atoms with Gasteiger partial charge < -0.3 is 9.64 Å². The van der Waals surface area contributed by atoms with Crippen LogP contribution in [-0.2, 0) is 4.74 Å². The van der Waals surface area contributed by atoms with Crippen molar-refractivity contribution in [3.8, 4) is 21.8 Å². The summed E-state index contributed by atoms with van der Waals surface area (Å²) in [5.41, 5.74) is 3.76. The van der Waals surface area contributed by atoms with Crippen molar-refractivity contribution in [1.82, 2.24) is 9.88 Å². The van der Waals surface area contributed by atoms with E-state index in [2.05, 4.69) is 30.9 Å². The Morgan fingerprint density at radius 2 is 1.50 bits per heavy atom. The Labute approximate surface area is 203 Å². The number of morpholine rings is 1. The number of thiazole rings is 1. The summed E-state index contributed by atoms with van der Waals surface area (Å²) in [6.45, 7) is 5.73. The SMILES string of the molecule is CC1CN(/C(=N\c2sc(-c3ccc(F)cc3)nc2-c2ccccc2)c2ccccc2)CC(C)O1. The van der Waals surface area contributed by atoms with Crippen molar-refractivity contribution in [2.45, 2.75) is 26.1 Å². The Morgan fingerprint density at radius 3 is 2.15 bits per heavy atom. The van der Waals surface area contributed by atoms with Gasteiger partial charge in [-0.05, 0) is 38.1 Å². The lowest BCUT2D eigenvalue weighted by molar-refractivity contribution is -0.0478. The molecule has 172 valence electrons. The molecule has 5 rings (SSSR count). The summed E-state index contributed by atoms with van der Waals surface area (Å²) in [5, 5.41) is 1.64. The van der Waals surface area contributed by atoms with Gasteiger partial charge in [0.2, 0.25) is 0 Å². The first-order chi connectivity index (χ1) is 16.6. The van der Waals surface area contributed by atoms with Crippen LogP contribution in [0.25, 0.3) is 21.8 Å². The summed E-state index contributed by atoms with van der Waals surface area (Å²) in [6, 6.07) is 26.8. The van der Waals surface area contributed by atoms with E-state index in [4.69, 9.17) is 14.7 Å². The molecule has 1 saturated heterocycles. The van der Waals surface area contributed by atoms with Crippen molar-refractivity contribution in [1.29, 1.82) is 0 Å². The van der Waals surface area contributed by atoms with Crippen LogP contribution in [0, 0.1) is 5.82 Å². The average molecular weight is 472 g/mol. The van der Waals surface area contributed by atoms with Gasteiger partial charge in [0.25, 0.3) is 0 Å². The summed E-state index contributed by atoms with van der Waals surface area (Å²) in [7, 11) is 0. The molecule has 2 unspecified atom stereocenters. The third kappa shape index (κ3) is 4.93. The molecule has 4 aromatic rings. The molecule has 34 heavy (non-hydrogen) atoms. The van der Waals surface area contributed by atoms with Crippen LogP contribution in [0.5, 0.6) is 0 Å². The molecule has 1 aromatic heterocycles. The number of ether oxygens (including phenoxy) is 1. The van der Waals surface area contributed by atoms with Gasteiger partial charge in [0.05, 0.1) is 12.2 Å². The predicted molar refractivity (Wildman–Crippen MR) is 137 cm³/mol. The van der Waals surface area contributed by atoms with Gasteiger partial charge in [-0.3, -0.25) is 0 Å². The maximum Gasteiger partial charge on any atom is 0.146 e. The van der Waals surface area contributed by atoms with Crippen molar-refractivity contribution in [3.63, 3.8) is 0 Å². The minimum absolute atomic E-state index is 0.113. The highest BCUT2D eigenvalue weighted by Crippen LogP contribution is 2.40. The van der Waals surface area contributed by atoms with E-state index in [9.17, 15) is 4.39 Å². The molecule has 0 amide bonds. The summed E-state index contributed by atoms with van der Waals surface area (Å²) < 4.78 is 19.5. The van der Waals surface area contributed by atoms with Crippen molar-refractivity contribution in [2.24, 2.45) is 4.99 Å². The third-order valence-corrected chi connectivity index (χ3v) is 6.70. The van der Waals surface area contributed by atoms with Crippen LogP contribution < -0.4 is 0 Å². The van der Waals surface area contributed by atoms with E-state index in [0.717, 1.165) is 51.3 Å². The van der Waals surface area contributed by atoms with Gasteiger partial charge in [0, 0.05) is 29.8 Å². The van der Waals surface area contributed by atoms with E-state index in [0.29, 0.717) is 0 Å². The Hall–Kier alpha value is -3.35. The minimum Gasteiger partial charge on any atom is -0.372 e. The Morgan fingerprint density at radius 1 is 0.882 bits per heavy atom. The molecule has 2 heterocycles.